The summed E-state index contributed by atoms with van der Waals surface area (Å²) in [6.07, 6.45) is 2.59. The molecule has 1 saturated heterocycles. The average molecular weight is 278 g/mol. The molecule has 1 amide bonds. The summed E-state index contributed by atoms with van der Waals surface area (Å²) in [5.41, 5.74) is 0.370. The van der Waals surface area contributed by atoms with Gasteiger partial charge in [0.15, 0.2) is 0 Å². The molecule has 0 spiro atoms. The molecule has 2 rings (SSSR count). The van der Waals surface area contributed by atoms with Crippen molar-refractivity contribution in [2.24, 2.45) is 0 Å². The van der Waals surface area contributed by atoms with Gasteiger partial charge in [0.1, 0.15) is 11.5 Å². The molecule has 0 saturated carbocycles. The van der Waals surface area contributed by atoms with E-state index in [4.69, 9.17) is 0 Å². The molecule has 2 heterocycles. The summed E-state index contributed by atoms with van der Waals surface area (Å²) in [6.45, 7) is 3.79. The molecule has 1 aliphatic heterocycles. The van der Waals surface area contributed by atoms with E-state index in [0.717, 1.165) is 25.9 Å². The average Bonchev–Trinajstić information content (AvgIpc) is 2.92. The lowest BCUT2D eigenvalue weighted by Gasteiger charge is -2.15. The molecular weight excluding hydrogens is 260 g/mol. The number of aryl methyl sites for hydroxylation is 1. The number of aromatic nitrogens is 1. The summed E-state index contributed by atoms with van der Waals surface area (Å²) in [4.78, 5) is 28.0. The topological polar surface area (TPSA) is 88.4 Å². The molecule has 108 valence electrons. The highest BCUT2D eigenvalue weighted by Gasteiger charge is 2.17. The van der Waals surface area contributed by atoms with Gasteiger partial charge >= 0.3 is 0 Å². The van der Waals surface area contributed by atoms with E-state index >= 15 is 0 Å². The second kappa shape index (κ2) is 6.31. The van der Waals surface area contributed by atoms with Crippen molar-refractivity contribution in [2.75, 3.05) is 25.0 Å². The molecule has 1 aromatic heterocycles. The summed E-state index contributed by atoms with van der Waals surface area (Å²) in [6, 6.07) is 2.98. The maximum atomic E-state index is 11.8. The number of amides is 1. The van der Waals surface area contributed by atoms with Gasteiger partial charge in [-0.15, -0.1) is 0 Å². The number of hydrogen-bond acceptors (Lipinski definition) is 5. The van der Waals surface area contributed by atoms with Gasteiger partial charge in [-0.3, -0.25) is 14.9 Å². The molecule has 7 heteroatoms. The number of pyridine rings is 1. The zero-order valence-corrected chi connectivity index (χ0v) is 11.5. The van der Waals surface area contributed by atoms with Crippen LogP contribution in [0.4, 0.5) is 11.5 Å². The monoisotopic (exact) mass is 278 g/mol. The summed E-state index contributed by atoms with van der Waals surface area (Å²) < 4.78 is 0. The molecule has 0 atom stereocenters. The summed E-state index contributed by atoms with van der Waals surface area (Å²) in [5.74, 6) is 0.705. The van der Waals surface area contributed by atoms with Gasteiger partial charge in [-0.2, -0.15) is 0 Å². The van der Waals surface area contributed by atoms with Gasteiger partial charge in [0.25, 0.3) is 5.69 Å². The number of rotatable bonds is 5. The molecule has 0 aliphatic carbocycles. The largest absolute Gasteiger partial charge is 0.370 e. The smallest absolute Gasteiger partial charge is 0.290 e. The molecule has 0 radical (unpaired) electrons. The van der Waals surface area contributed by atoms with Gasteiger partial charge < -0.3 is 10.2 Å². The number of likely N-dealkylation sites (tertiary alicyclic amines) is 1. The maximum absolute atomic E-state index is 11.8. The predicted molar refractivity (Wildman–Crippen MR) is 74.5 cm³/mol. The Kier molecular flexibility index (Phi) is 4.49. The van der Waals surface area contributed by atoms with Gasteiger partial charge in [0.05, 0.1) is 4.92 Å². The normalized spacial score (nSPS) is 14.3. The van der Waals surface area contributed by atoms with Crippen molar-refractivity contribution in [1.82, 2.24) is 9.88 Å². The van der Waals surface area contributed by atoms with Crippen LogP contribution in [0.5, 0.6) is 0 Å². The first-order valence-electron chi connectivity index (χ1n) is 6.71. The van der Waals surface area contributed by atoms with Crippen LogP contribution in [0, 0.1) is 17.0 Å². The Hall–Kier alpha value is -2.18. The van der Waals surface area contributed by atoms with E-state index in [-0.39, 0.29) is 11.6 Å². The van der Waals surface area contributed by atoms with Crippen molar-refractivity contribution >= 4 is 17.4 Å². The van der Waals surface area contributed by atoms with Crippen molar-refractivity contribution < 1.29 is 9.72 Å². The van der Waals surface area contributed by atoms with Crippen LogP contribution in [0.25, 0.3) is 0 Å². The third-order valence-electron chi connectivity index (χ3n) is 3.36. The second-order valence-corrected chi connectivity index (χ2v) is 4.82. The van der Waals surface area contributed by atoms with Crippen molar-refractivity contribution in [3.05, 3.63) is 27.9 Å². The van der Waals surface area contributed by atoms with E-state index in [1.807, 2.05) is 4.90 Å². The Bertz CT molecular complexity index is 512. The quantitative estimate of drug-likeness (QED) is 0.654. The Morgan fingerprint density at radius 3 is 2.75 bits per heavy atom. The second-order valence-electron chi connectivity index (χ2n) is 4.82. The Morgan fingerprint density at radius 1 is 1.45 bits per heavy atom. The summed E-state index contributed by atoms with van der Waals surface area (Å²) in [5, 5.41) is 13.7. The van der Waals surface area contributed by atoms with E-state index in [0.29, 0.717) is 24.5 Å². The molecule has 0 bridgehead atoms. The standard InChI is InChI=1S/C13H18N4O3/c1-10-11(17(19)20)4-5-12(15-10)14-7-6-13(18)16-8-2-3-9-16/h4-5H,2-3,6-9H2,1H3,(H,14,15). The van der Waals surface area contributed by atoms with Crippen LogP contribution >= 0.6 is 0 Å². The molecule has 20 heavy (non-hydrogen) atoms. The highest BCUT2D eigenvalue weighted by molar-refractivity contribution is 5.76. The Morgan fingerprint density at radius 2 is 2.15 bits per heavy atom. The highest BCUT2D eigenvalue weighted by atomic mass is 16.6. The molecular formula is C13H18N4O3. The van der Waals surface area contributed by atoms with Crippen LogP contribution in [-0.2, 0) is 4.79 Å². The minimum atomic E-state index is -0.455. The fraction of sp³-hybridized carbons (Fsp3) is 0.538. The van der Waals surface area contributed by atoms with Crippen LogP contribution in [-0.4, -0.2) is 40.3 Å². The number of carbonyl (C=O) groups excluding carboxylic acids is 1. The lowest BCUT2D eigenvalue weighted by molar-refractivity contribution is -0.385. The Balaban J connectivity index is 1.83. The van der Waals surface area contributed by atoms with E-state index in [1.54, 1.807) is 13.0 Å². The number of nitrogens with zero attached hydrogens (tertiary/aromatic N) is 3. The van der Waals surface area contributed by atoms with Crippen molar-refractivity contribution in [3.8, 4) is 0 Å². The van der Waals surface area contributed by atoms with E-state index in [2.05, 4.69) is 10.3 Å². The molecule has 7 nitrogen and oxygen atoms in total. The minimum Gasteiger partial charge on any atom is -0.370 e. The first-order chi connectivity index (χ1) is 9.58. The zero-order valence-electron chi connectivity index (χ0n) is 11.5. The minimum absolute atomic E-state index is 0.00342. The number of carbonyl (C=O) groups is 1. The van der Waals surface area contributed by atoms with Crippen LogP contribution < -0.4 is 5.32 Å². The maximum Gasteiger partial charge on any atom is 0.290 e. The Labute approximate surface area is 117 Å². The summed E-state index contributed by atoms with van der Waals surface area (Å²) >= 11 is 0. The third-order valence-corrected chi connectivity index (χ3v) is 3.36. The van der Waals surface area contributed by atoms with Gasteiger partial charge in [0.2, 0.25) is 5.91 Å². The fourth-order valence-electron chi connectivity index (χ4n) is 2.27. The number of anilines is 1. The van der Waals surface area contributed by atoms with Crippen LogP contribution in [0.2, 0.25) is 0 Å². The third kappa shape index (κ3) is 3.43. The van der Waals surface area contributed by atoms with Crippen LogP contribution in [0.15, 0.2) is 12.1 Å². The molecule has 0 aromatic carbocycles. The molecule has 1 aromatic rings. The zero-order chi connectivity index (χ0) is 14.5. The lowest BCUT2D eigenvalue weighted by Crippen LogP contribution is -2.29. The van der Waals surface area contributed by atoms with Crippen LogP contribution in [0.3, 0.4) is 0 Å². The van der Waals surface area contributed by atoms with Crippen molar-refractivity contribution in [2.45, 2.75) is 26.2 Å². The molecule has 0 unspecified atom stereocenters. The van der Waals surface area contributed by atoms with Crippen molar-refractivity contribution in [1.29, 1.82) is 0 Å². The summed E-state index contributed by atoms with van der Waals surface area (Å²) in [7, 11) is 0. The first-order valence-corrected chi connectivity index (χ1v) is 6.71. The van der Waals surface area contributed by atoms with Gasteiger partial charge in [0, 0.05) is 32.1 Å². The fourth-order valence-corrected chi connectivity index (χ4v) is 2.27. The highest BCUT2D eigenvalue weighted by Crippen LogP contribution is 2.17. The van der Waals surface area contributed by atoms with Crippen molar-refractivity contribution in [3.63, 3.8) is 0 Å². The lowest BCUT2D eigenvalue weighted by atomic mass is 10.3. The van der Waals surface area contributed by atoms with E-state index in [1.165, 1.54) is 6.07 Å². The van der Waals surface area contributed by atoms with E-state index < -0.39 is 4.92 Å². The SMILES string of the molecule is Cc1nc(NCCC(=O)N2CCCC2)ccc1[N+](=O)[O-]. The van der Waals surface area contributed by atoms with Gasteiger partial charge in [-0.1, -0.05) is 0 Å². The van der Waals surface area contributed by atoms with E-state index in [9.17, 15) is 14.9 Å². The predicted octanol–water partition coefficient (Wildman–Crippen LogP) is 1.72. The molecule has 1 fully saturated rings. The van der Waals surface area contributed by atoms with Gasteiger partial charge in [-0.25, -0.2) is 4.98 Å². The van der Waals surface area contributed by atoms with Gasteiger partial charge in [-0.05, 0) is 25.8 Å². The number of hydrogen-bond donors (Lipinski definition) is 1. The number of nitrogens with one attached hydrogen (secondary N) is 1. The number of nitro groups is 1. The first kappa shape index (κ1) is 14.2. The molecule has 1 aliphatic rings. The molecule has 1 N–H and O–H groups in total. The van der Waals surface area contributed by atoms with Crippen LogP contribution in [0.1, 0.15) is 25.0 Å².